The minimum Gasteiger partial charge on any atom is -0.494 e. The zero-order valence-corrected chi connectivity index (χ0v) is 12.4. The molecule has 0 atom stereocenters. The molecule has 2 heterocycles. The summed E-state index contributed by atoms with van der Waals surface area (Å²) in [5.74, 6) is 1.59. The van der Waals surface area contributed by atoms with Gasteiger partial charge in [0.05, 0.1) is 12.9 Å². The number of nitrogens with zero attached hydrogens (tertiary/aromatic N) is 4. The highest BCUT2D eigenvalue weighted by Gasteiger charge is 2.26. The van der Waals surface area contributed by atoms with Crippen molar-refractivity contribution in [1.29, 1.82) is 0 Å². The van der Waals surface area contributed by atoms with Crippen molar-refractivity contribution in [2.75, 3.05) is 11.9 Å². The Morgan fingerprint density at radius 3 is 2.73 bits per heavy atom. The van der Waals surface area contributed by atoms with Crippen molar-refractivity contribution in [3.8, 4) is 5.75 Å². The molecule has 0 unspecified atom stereocenters. The molecular weight excluding hydrogens is 278 g/mol. The highest BCUT2D eigenvalue weighted by Crippen LogP contribution is 2.37. The van der Waals surface area contributed by atoms with Crippen LogP contribution in [0.4, 0.5) is 11.5 Å². The largest absolute Gasteiger partial charge is 0.494 e. The normalized spacial score (nSPS) is 14.2. The lowest BCUT2D eigenvalue weighted by molar-refractivity contribution is 0.340. The predicted octanol–water partition coefficient (Wildman–Crippen LogP) is 3.30. The van der Waals surface area contributed by atoms with Crippen LogP contribution in [0, 0.1) is 0 Å². The van der Waals surface area contributed by atoms with E-state index in [2.05, 4.69) is 24.8 Å². The molecule has 1 aromatic carbocycles. The van der Waals surface area contributed by atoms with Crippen molar-refractivity contribution in [2.45, 2.75) is 25.8 Å². The summed E-state index contributed by atoms with van der Waals surface area (Å²) in [6.07, 6.45) is 5.86. The first-order chi connectivity index (χ1) is 10.8. The fourth-order valence-corrected chi connectivity index (χ4v) is 2.50. The summed E-state index contributed by atoms with van der Waals surface area (Å²) in [7, 11) is 0. The third-order valence-electron chi connectivity index (χ3n) is 3.73. The first-order valence-electron chi connectivity index (χ1n) is 7.52. The van der Waals surface area contributed by atoms with Crippen LogP contribution < -0.4 is 10.1 Å². The summed E-state index contributed by atoms with van der Waals surface area (Å²) >= 11 is 0. The van der Waals surface area contributed by atoms with E-state index in [-0.39, 0.29) is 0 Å². The summed E-state index contributed by atoms with van der Waals surface area (Å²) in [4.78, 5) is 13.2. The molecule has 1 N–H and O–H groups in total. The van der Waals surface area contributed by atoms with Gasteiger partial charge in [-0.1, -0.05) is 0 Å². The van der Waals surface area contributed by atoms with Gasteiger partial charge in [-0.25, -0.2) is 15.0 Å². The van der Waals surface area contributed by atoms with E-state index in [1.54, 1.807) is 6.33 Å². The SMILES string of the molecule is CCOc1ccc(Nc2ncnc3c2ncn3C2CC2)cc1. The van der Waals surface area contributed by atoms with Crippen LogP contribution in [0.5, 0.6) is 5.75 Å². The average Bonchev–Trinajstić information content (AvgIpc) is 3.29. The molecular formula is C16H17N5O. The molecule has 0 amide bonds. The summed E-state index contributed by atoms with van der Waals surface area (Å²) < 4.78 is 7.59. The van der Waals surface area contributed by atoms with Crippen LogP contribution in [0.3, 0.4) is 0 Å². The van der Waals surface area contributed by atoms with Crippen molar-refractivity contribution >= 4 is 22.7 Å². The summed E-state index contributed by atoms with van der Waals surface area (Å²) in [5, 5.41) is 3.31. The number of benzene rings is 1. The van der Waals surface area contributed by atoms with E-state index in [1.165, 1.54) is 12.8 Å². The first kappa shape index (κ1) is 13.1. The van der Waals surface area contributed by atoms with Crippen LogP contribution in [0.1, 0.15) is 25.8 Å². The van der Waals surface area contributed by atoms with Crippen molar-refractivity contribution in [3.63, 3.8) is 0 Å². The fraction of sp³-hybridized carbons (Fsp3) is 0.312. The molecule has 3 aromatic rings. The number of anilines is 2. The molecule has 1 saturated carbocycles. The third-order valence-corrected chi connectivity index (χ3v) is 3.73. The van der Waals surface area contributed by atoms with Gasteiger partial charge in [0, 0.05) is 11.7 Å². The Morgan fingerprint density at radius 1 is 1.18 bits per heavy atom. The van der Waals surface area contributed by atoms with Crippen LogP contribution in [-0.2, 0) is 0 Å². The monoisotopic (exact) mass is 295 g/mol. The van der Waals surface area contributed by atoms with Gasteiger partial charge in [-0.2, -0.15) is 0 Å². The van der Waals surface area contributed by atoms with E-state index in [0.29, 0.717) is 12.6 Å². The molecule has 0 spiro atoms. The fourth-order valence-electron chi connectivity index (χ4n) is 2.50. The van der Waals surface area contributed by atoms with Crippen LogP contribution in [-0.4, -0.2) is 26.1 Å². The minimum atomic E-state index is 0.554. The molecule has 6 nitrogen and oxygen atoms in total. The molecule has 0 radical (unpaired) electrons. The molecule has 0 aliphatic heterocycles. The van der Waals surface area contributed by atoms with Gasteiger partial charge in [-0.05, 0) is 44.0 Å². The van der Waals surface area contributed by atoms with Gasteiger partial charge in [0.25, 0.3) is 0 Å². The molecule has 0 bridgehead atoms. The lowest BCUT2D eigenvalue weighted by Gasteiger charge is -2.08. The predicted molar refractivity (Wildman–Crippen MR) is 84.5 cm³/mol. The van der Waals surface area contributed by atoms with Gasteiger partial charge in [0.2, 0.25) is 0 Å². The van der Waals surface area contributed by atoms with Gasteiger partial charge in [-0.15, -0.1) is 0 Å². The topological polar surface area (TPSA) is 64.9 Å². The van der Waals surface area contributed by atoms with E-state index >= 15 is 0 Å². The van der Waals surface area contributed by atoms with Crippen LogP contribution in [0.25, 0.3) is 11.2 Å². The van der Waals surface area contributed by atoms with E-state index < -0.39 is 0 Å². The number of rotatable bonds is 5. The molecule has 1 fully saturated rings. The first-order valence-corrected chi connectivity index (χ1v) is 7.52. The molecule has 4 rings (SSSR count). The number of imidazole rings is 1. The average molecular weight is 295 g/mol. The maximum atomic E-state index is 5.45. The Balaban J connectivity index is 1.63. The molecule has 1 aliphatic carbocycles. The lowest BCUT2D eigenvalue weighted by atomic mass is 10.3. The number of aromatic nitrogens is 4. The second-order valence-electron chi connectivity index (χ2n) is 5.36. The molecule has 2 aromatic heterocycles. The van der Waals surface area contributed by atoms with E-state index in [1.807, 2.05) is 37.5 Å². The summed E-state index contributed by atoms with van der Waals surface area (Å²) in [5.41, 5.74) is 2.65. The van der Waals surface area contributed by atoms with Crippen LogP contribution in [0.2, 0.25) is 0 Å². The van der Waals surface area contributed by atoms with Crippen molar-refractivity contribution in [1.82, 2.24) is 19.5 Å². The summed E-state index contributed by atoms with van der Waals surface area (Å²) in [6, 6.07) is 8.37. The van der Waals surface area contributed by atoms with Crippen LogP contribution in [0.15, 0.2) is 36.9 Å². The van der Waals surface area contributed by atoms with Crippen molar-refractivity contribution in [3.05, 3.63) is 36.9 Å². The quantitative estimate of drug-likeness (QED) is 0.782. The van der Waals surface area contributed by atoms with Gasteiger partial charge in [-0.3, -0.25) is 0 Å². The van der Waals surface area contributed by atoms with Gasteiger partial charge in [0.1, 0.15) is 12.1 Å². The van der Waals surface area contributed by atoms with E-state index in [4.69, 9.17) is 4.74 Å². The maximum Gasteiger partial charge on any atom is 0.165 e. The van der Waals surface area contributed by atoms with Crippen LogP contribution >= 0.6 is 0 Å². The number of fused-ring (bicyclic) bond motifs is 1. The van der Waals surface area contributed by atoms with Gasteiger partial charge in [0.15, 0.2) is 17.0 Å². The second-order valence-corrected chi connectivity index (χ2v) is 5.36. The zero-order valence-electron chi connectivity index (χ0n) is 12.4. The minimum absolute atomic E-state index is 0.554. The molecule has 0 saturated heterocycles. The second kappa shape index (κ2) is 5.29. The van der Waals surface area contributed by atoms with E-state index in [9.17, 15) is 0 Å². The number of nitrogens with one attached hydrogen (secondary N) is 1. The molecule has 112 valence electrons. The smallest absolute Gasteiger partial charge is 0.165 e. The molecule has 22 heavy (non-hydrogen) atoms. The maximum absolute atomic E-state index is 5.45. The number of hydrogen-bond donors (Lipinski definition) is 1. The highest BCUT2D eigenvalue weighted by molar-refractivity contribution is 5.85. The Kier molecular flexibility index (Phi) is 3.14. The lowest BCUT2D eigenvalue weighted by Crippen LogP contribution is -1.98. The molecule has 6 heteroatoms. The van der Waals surface area contributed by atoms with Crippen molar-refractivity contribution < 1.29 is 4.74 Å². The highest BCUT2D eigenvalue weighted by atomic mass is 16.5. The molecule has 1 aliphatic rings. The van der Waals surface area contributed by atoms with Crippen molar-refractivity contribution in [2.24, 2.45) is 0 Å². The summed E-state index contributed by atoms with van der Waals surface area (Å²) in [6.45, 7) is 2.64. The zero-order chi connectivity index (χ0) is 14.9. The third kappa shape index (κ3) is 2.36. The Bertz CT molecular complexity index is 792. The number of hydrogen-bond acceptors (Lipinski definition) is 5. The Hall–Kier alpha value is -2.63. The van der Waals surface area contributed by atoms with E-state index in [0.717, 1.165) is 28.4 Å². The van der Waals surface area contributed by atoms with Gasteiger partial charge >= 0.3 is 0 Å². The number of ether oxygens (including phenoxy) is 1. The van der Waals surface area contributed by atoms with Gasteiger partial charge < -0.3 is 14.6 Å². The Labute approximate surface area is 128 Å². The standard InChI is InChI=1S/C16H17N5O/c1-2-22-13-7-3-11(4-8-13)20-15-14-16(18-9-17-15)21(10-19-14)12-5-6-12/h3-4,7-10,12H,2,5-6H2,1H3,(H,17,18,20). The Morgan fingerprint density at radius 2 is 2.00 bits per heavy atom.